The summed E-state index contributed by atoms with van der Waals surface area (Å²) in [7, 11) is 0. The van der Waals surface area contributed by atoms with Gasteiger partial charge in [-0.15, -0.1) is 5.10 Å². The lowest BCUT2D eigenvalue weighted by Crippen LogP contribution is -2.19. The fraction of sp³-hybridized carbons (Fsp3) is 0.500. The zero-order chi connectivity index (χ0) is 14.1. The molecule has 1 aliphatic rings. The number of tetrazole rings is 1. The molecule has 0 amide bonds. The molecule has 106 valence electrons. The Bertz CT molecular complexity index is 609. The zero-order valence-electron chi connectivity index (χ0n) is 11.5. The molecule has 1 saturated carbocycles. The van der Waals surface area contributed by atoms with Gasteiger partial charge in [0.05, 0.1) is 16.8 Å². The molecule has 2 unspecified atom stereocenters. The average molecular weight is 292 g/mol. The Kier molecular flexibility index (Phi) is 3.61. The number of nitrogen functional groups attached to an aromatic ring is 1. The van der Waals surface area contributed by atoms with Crippen LogP contribution in [0.2, 0.25) is 5.02 Å². The van der Waals surface area contributed by atoms with Crippen LogP contribution in [0.5, 0.6) is 0 Å². The van der Waals surface area contributed by atoms with Crippen molar-refractivity contribution >= 4 is 17.3 Å². The van der Waals surface area contributed by atoms with E-state index < -0.39 is 0 Å². The van der Waals surface area contributed by atoms with E-state index >= 15 is 0 Å². The van der Waals surface area contributed by atoms with Crippen LogP contribution in [0.1, 0.15) is 38.6 Å². The van der Waals surface area contributed by atoms with Crippen LogP contribution in [0.4, 0.5) is 5.69 Å². The van der Waals surface area contributed by atoms with Gasteiger partial charge in [-0.2, -0.15) is 0 Å². The van der Waals surface area contributed by atoms with E-state index in [-0.39, 0.29) is 0 Å². The normalized spacial score (nSPS) is 22.9. The molecule has 2 N–H and O–H groups in total. The van der Waals surface area contributed by atoms with Gasteiger partial charge in [0, 0.05) is 5.56 Å². The third-order valence-corrected chi connectivity index (χ3v) is 4.35. The molecule has 0 bridgehead atoms. The Labute approximate surface area is 123 Å². The summed E-state index contributed by atoms with van der Waals surface area (Å²) in [6, 6.07) is 5.90. The highest BCUT2D eigenvalue weighted by molar-refractivity contribution is 6.33. The molecule has 1 aromatic heterocycles. The number of halogens is 1. The minimum atomic E-state index is 0.376. The molecule has 20 heavy (non-hydrogen) atoms. The predicted molar refractivity (Wildman–Crippen MR) is 79.3 cm³/mol. The molecule has 0 aliphatic heterocycles. The van der Waals surface area contributed by atoms with E-state index in [0.717, 1.165) is 30.1 Å². The van der Waals surface area contributed by atoms with Gasteiger partial charge in [0.1, 0.15) is 0 Å². The number of nitrogens with two attached hydrogens (primary N) is 1. The minimum absolute atomic E-state index is 0.376. The highest BCUT2D eigenvalue weighted by atomic mass is 35.5. The predicted octanol–water partition coefficient (Wildman–Crippen LogP) is 3.33. The zero-order valence-corrected chi connectivity index (χ0v) is 12.2. The van der Waals surface area contributed by atoms with Crippen molar-refractivity contribution in [3.05, 3.63) is 23.2 Å². The summed E-state index contributed by atoms with van der Waals surface area (Å²) in [5.41, 5.74) is 7.33. The lowest BCUT2D eigenvalue weighted by molar-refractivity contribution is 0.265. The maximum Gasteiger partial charge on any atom is 0.182 e. The number of rotatable bonds is 2. The topological polar surface area (TPSA) is 69.6 Å². The summed E-state index contributed by atoms with van der Waals surface area (Å²) in [5, 5.41) is 12.7. The fourth-order valence-electron chi connectivity index (χ4n) is 2.94. The first-order chi connectivity index (χ1) is 9.65. The molecule has 1 aliphatic carbocycles. The second-order valence-electron chi connectivity index (χ2n) is 5.61. The number of nitrogens with zero attached hydrogens (tertiary/aromatic N) is 4. The molecule has 5 nitrogen and oxygen atoms in total. The molecule has 1 aromatic carbocycles. The van der Waals surface area contributed by atoms with Crippen LogP contribution >= 0.6 is 11.6 Å². The molecule has 2 aromatic rings. The lowest BCUT2D eigenvalue weighted by Gasteiger charge is -2.27. The van der Waals surface area contributed by atoms with E-state index in [1.165, 1.54) is 12.8 Å². The van der Waals surface area contributed by atoms with Crippen LogP contribution in [0.15, 0.2) is 18.2 Å². The molecule has 1 fully saturated rings. The SMILES string of the molecule is CC1CCCC(n2nnnc2-c2ccc(Cl)c(N)c2)C1. The first-order valence-electron chi connectivity index (χ1n) is 6.98. The van der Waals surface area contributed by atoms with Gasteiger partial charge in [0.25, 0.3) is 0 Å². The van der Waals surface area contributed by atoms with Crippen LogP contribution in [0.3, 0.4) is 0 Å². The molecule has 2 atom stereocenters. The highest BCUT2D eigenvalue weighted by Gasteiger charge is 2.24. The summed E-state index contributed by atoms with van der Waals surface area (Å²) in [5.74, 6) is 1.49. The second-order valence-corrected chi connectivity index (χ2v) is 6.02. The Morgan fingerprint density at radius 3 is 2.95 bits per heavy atom. The van der Waals surface area contributed by atoms with E-state index in [2.05, 4.69) is 22.4 Å². The Balaban J connectivity index is 1.95. The Hall–Kier alpha value is -1.62. The minimum Gasteiger partial charge on any atom is -0.398 e. The summed E-state index contributed by atoms with van der Waals surface area (Å²) in [6.07, 6.45) is 4.78. The Morgan fingerprint density at radius 1 is 1.35 bits per heavy atom. The molecule has 1 heterocycles. The fourth-order valence-corrected chi connectivity index (χ4v) is 3.05. The number of anilines is 1. The first kappa shape index (κ1) is 13.4. The highest BCUT2D eigenvalue weighted by Crippen LogP contribution is 2.34. The summed E-state index contributed by atoms with van der Waals surface area (Å²) >= 11 is 5.97. The quantitative estimate of drug-likeness (QED) is 0.862. The summed E-state index contributed by atoms with van der Waals surface area (Å²) in [4.78, 5) is 0. The van der Waals surface area contributed by atoms with Gasteiger partial charge < -0.3 is 5.73 Å². The van der Waals surface area contributed by atoms with Crippen LogP contribution in [0, 0.1) is 5.92 Å². The van der Waals surface area contributed by atoms with Crippen molar-refractivity contribution in [3.63, 3.8) is 0 Å². The summed E-state index contributed by atoms with van der Waals surface area (Å²) < 4.78 is 1.94. The van der Waals surface area contributed by atoms with Crippen LogP contribution in [-0.4, -0.2) is 20.2 Å². The molecule has 3 rings (SSSR count). The van der Waals surface area contributed by atoms with Crippen LogP contribution in [0.25, 0.3) is 11.4 Å². The Morgan fingerprint density at radius 2 is 2.20 bits per heavy atom. The van der Waals surface area contributed by atoms with Gasteiger partial charge >= 0.3 is 0 Å². The maximum atomic E-state index is 5.97. The molecule has 0 saturated heterocycles. The van der Waals surface area contributed by atoms with Gasteiger partial charge in [-0.05, 0) is 47.4 Å². The van der Waals surface area contributed by atoms with Crippen molar-refractivity contribution in [1.29, 1.82) is 0 Å². The number of hydrogen-bond donors (Lipinski definition) is 1. The molecule has 0 radical (unpaired) electrons. The lowest BCUT2D eigenvalue weighted by atomic mass is 9.87. The number of aromatic nitrogens is 4. The monoisotopic (exact) mass is 291 g/mol. The van der Waals surface area contributed by atoms with Gasteiger partial charge in [0.2, 0.25) is 0 Å². The van der Waals surface area contributed by atoms with Crippen molar-refractivity contribution in [3.8, 4) is 11.4 Å². The van der Waals surface area contributed by atoms with Crippen LogP contribution in [-0.2, 0) is 0 Å². The maximum absolute atomic E-state index is 5.97. The van der Waals surface area contributed by atoms with Gasteiger partial charge in [-0.25, -0.2) is 4.68 Å². The third-order valence-electron chi connectivity index (χ3n) is 4.00. The first-order valence-corrected chi connectivity index (χ1v) is 7.36. The van der Waals surface area contributed by atoms with E-state index in [0.29, 0.717) is 16.8 Å². The van der Waals surface area contributed by atoms with E-state index in [1.807, 2.05) is 16.8 Å². The van der Waals surface area contributed by atoms with Crippen molar-refractivity contribution in [1.82, 2.24) is 20.2 Å². The molecular formula is C14H18ClN5. The largest absolute Gasteiger partial charge is 0.398 e. The van der Waals surface area contributed by atoms with Crippen molar-refractivity contribution < 1.29 is 0 Å². The number of hydrogen-bond acceptors (Lipinski definition) is 4. The molecule has 6 heteroatoms. The molecular weight excluding hydrogens is 274 g/mol. The van der Waals surface area contributed by atoms with Gasteiger partial charge in [-0.3, -0.25) is 0 Å². The van der Waals surface area contributed by atoms with E-state index in [4.69, 9.17) is 17.3 Å². The van der Waals surface area contributed by atoms with Crippen molar-refractivity contribution in [2.75, 3.05) is 5.73 Å². The third kappa shape index (κ3) is 2.50. The standard InChI is InChI=1S/C14H18ClN5/c1-9-3-2-4-11(7-9)20-14(17-18-19-20)10-5-6-12(15)13(16)8-10/h5-6,8-9,11H,2-4,7,16H2,1H3. The molecule has 0 spiro atoms. The van der Waals surface area contributed by atoms with Crippen molar-refractivity contribution in [2.45, 2.75) is 38.6 Å². The number of benzene rings is 1. The van der Waals surface area contributed by atoms with Crippen molar-refractivity contribution in [2.24, 2.45) is 5.92 Å². The summed E-state index contributed by atoms with van der Waals surface area (Å²) in [6.45, 7) is 2.29. The second kappa shape index (κ2) is 5.40. The van der Waals surface area contributed by atoms with E-state index in [1.54, 1.807) is 6.07 Å². The smallest absolute Gasteiger partial charge is 0.182 e. The van der Waals surface area contributed by atoms with Gasteiger partial charge in [0.15, 0.2) is 5.82 Å². The van der Waals surface area contributed by atoms with Gasteiger partial charge in [-0.1, -0.05) is 31.4 Å². The van der Waals surface area contributed by atoms with Crippen LogP contribution < -0.4 is 5.73 Å². The van der Waals surface area contributed by atoms with E-state index in [9.17, 15) is 0 Å². The average Bonchev–Trinajstić information content (AvgIpc) is 2.91.